The van der Waals surface area contributed by atoms with Gasteiger partial charge in [-0.25, -0.2) is 4.79 Å². The highest BCUT2D eigenvalue weighted by molar-refractivity contribution is 5.85. The second-order valence-electron chi connectivity index (χ2n) is 3.13. The fourth-order valence-corrected chi connectivity index (χ4v) is 1.08. The third-order valence-electron chi connectivity index (χ3n) is 1.99. The minimum atomic E-state index is -2.19. The molecule has 0 aliphatic heterocycles. The zero-order chi connectivity index (χ0) is 10.6. The molecule has 0 fully saturated rings. The lowest BCUT2D eigenvalue weighted by atomic mass is 9.86. The Kier molecular flexibility index (Phi) is 3.87. The first-order valence-electron chi connectivity index (χ1n) is 4.02. The monoisotopic (exact) mass is 190 g/mol. The Hall–Kier alpha value is -1.10. The number of aliphatic hydroxyl groups is 1. The number of aliphatic carboxylic acids is 2. The van der Waals surface area contributed by atoms with Crippen molar-refractivity contribution in [3.8, 4) is 0 Å². The van der Waals surface area contributed by atoms with E-state index in [1.165, 1.54) is 0 Å². The van der Waals surface area contributed by atoms with Gasteiger partial charge in [-0.05, 0) is 13.3 Å². The van der Waals surface area contributed by atoms with E-state index in [1.54, 1.807) is 6.92 Å². The Morgan fingerprint density at radius 2 is 1.85 bits per heavy atom. The van der Waals surface area contributed by atoms with Gasteiger partial charge in [-0.15, -0.1) is 0 Å². The Morgan fingerprint density at radius 1 is 1.38 bits per heavy atom. The van der Waals surface area contributed by atoms with Crippen molar-refractivity contribution in [1.29, 1.82) is 0 Å². The van der Waals surface area contributed by atoms with Crippen molar-refractivity contribution in [3.05, 3.63) is 0 Å². The number of carboxylic acids is 2. The lowest BCUT2D eigenvalue weighted by Gasteiger charge is -2.24. The molecule has 0 rings (SSSR count). The van der Waals surface area contributed by atoms with E-state index in [0.29, 0.717) is 6.42 Å². The molecule has 0 saturated heterocycles. The molecule has 0 aliphatic carbocycles. The van der Waals surface area contributed by atoms with E-state index in [4.69, 9.17) is 10.2 Å². The number of rotatable bonds is 5. The van der Waals surface area contributed by atoms with Crippen LogP contribution in [0.4, 0.5) is 0 Å². The maximum Gasteiger partial charge on any atom is 0.336 e. The van der Waals surface area contributed by atoms with Crippen LogP contribution in [0.1, 0.15) is 26.7 Å². The van der Waals surface area contributed by atoms with Crippen molar-refractivity contribution in [1.82, 2.24) is 0 Å². The van der Waals surface area contributed by atoms with Crippen molar-refractivity contribution >= 4 is 11.9 Å². The first-order chi connectivity index (χ1) is 5.84. The second kappa shape index (κ2) is 4.23. The Bertz CT molecular complexity index is 209. The zero-order valence-electron chi connectivity index (χ0n) is 7.65. The van der Waals surface area contributed by atoms with E-state index in [9.17, 15) is 14.7 Å². The van der Waals surface area contributed by atoms with E-state index in [1.807, 2.05) is 0 Å². The van der Waals surface area contributed by atoms with Gasteiger partial charge in [0, 0.05) is 0 Å². The van der Waals surface area contributed by atoms with Crippen molar-refractivity contribution in [3.63, 3.8) is 0 Å². The van der Waals surface area contributed by atoms with Gasteiger partial charge in [0.2, 0.25) is 0 Å². The quantitative estimate of drug-likeness (QED) is 0.580. The molecule has 0 aromatic carbocycles. The van der Waals surface area contributed by atoms with Gasteiger partial charge in [0.05, 0.1) is 5.92 Å². The van der Waals surface area contributed by atoms with Gasteiger partial charge in [-0.2, -0.15) is 0 Å². The Balaban J connectivity index is 4.71. The third kappa shape index (κ3) is 2.69. The molecule has 76 valence electrons. The maximum atomic E-state index is 10.6. The van der Waals surface area contributed by atoms with E-state index >= 15 is 0 Å². The molecule has 0 radical (unpaired) electrons. The van der Waals surface area contributed by atoms with Crippen LogP contribution in [0.3, 0.4) is 0 Å². The molecule has 2 unspecified atom stereocenters. The summed E-state index contributed by atoms with van der Waals surface area (Å²) in [7, 11) is 0. The molecule has 13 heavy (non-hydrogen) atoms. The molecule has 0 heterocycles. The summed E-state index contributed by atoms with van der Waals surface area (Å²) in [6, 6.07) is 0. The topological polar surface area (TPSA) is 94.8 Å². The van der Waals surface area contributed by atoms with Gasteiger partial charge >= 0.3 is 11.9 Å². The van der Waals surface area contributed by atoms with Crippen LogP contribution >= 0.6 is 0 Å². The molecule has 3 N–H and O–H groups in total. The van der Waals surface area contributed by atoms with E-state index in [-0.39, 0.29) is 6.42 Å². The SMILES string of the molecule is CCCC(C(=O)O)C(C)(O)C(=O)O. The predicted molar refractivity (Wildman–Crippen MR) is 44.3 cm³/mol. The van der Waals surface area contributed by atoms with Gasteiger partial charge < -0.3 is 15.3 Å². The van der Waals surface area contributed by atoms with Crippen molar-refractivity contribution in [2.24, 2.45) is 5.92 Å². The summed E-state index contributed by atoms with van der Waals surface area (Å²) in [5.74, 6) is -4.04. The van der Waals surface area contributed by atoms with E-state index < -0.39 is 23.5 Å². The zero-order valence-corrected chi connectivity index (χ0v) is 7.65. The summed E-state index contributed by atoms with van der Waals surface area (Å²) in [4.78, 5) is 21.1. The minimum absolute atomic E-state index is 0.147. The Morgan fingerprint density at radius 3 is 2.08 bits per heavy atom. The first kappa shape index (κ1) is 11.9. The molecule has 0 saturated carbocycles. The molecular weight excluding hydrogens is 176 g/mol. The van der Waals surface area contributed by atoms with Crippen molar-refractivity contribution in [2.75, 3.05) is 0 Å². The van der Waals surface area contributed by atoms with Crippen LogP contribution in [0.5, 0.6) is 0 Å². The molecule has 0 amide bonds. The smallest absolute Gasteiger partial charge is 0.336 e. The number of carbonyl (C=O) groups is 2. The molecule has 0 aromatic rings. The third-order valence-corrected chi connectivity index (χ3v) is 1.99. The van der Waals surface area contributed by atoms with Crippen LogP contribution in [-0.2, 0) is 9.59 Å². The van der Waals surface area contributed by atoms with Crippen LogP contribution < -0.4 is 0 Å². The summed E-state index contributed by atoms with van der Waals surface area (Å²) in [5, 5.41) is 26.6. The van der Waals surface area contributed by atoms with Crippen LogP contribution in [0.25, 0.3) is 0 Å². The van der Waals surface area contributed by atoms with Gasteiger partial charge in [0.1, 0.15) is 0 Å². The fourth-order valence-electron chi connectivity index (χ4n) is 1.08. The number of hydrogen-bond acceptors (Lipinski definition) is 3. The minimum Gasteiger partial charge on any atom is -0.481 e. The fraction of sp³-hybridized carbons (Fsp3) is 0.750. The molecule has 2 atom stereocenters. The summed E-state index contributed by atoms with van der Waals surface area (Å²) in [6.45, 7) is 2.73. The maximum absolute atomic E-state index is 10.6. The first-order valence-corrected chi connectivity index (χ1v) is 4.02. The highest BCUT2D eigenvalue weighted by Crippen LogP contribution is 2.22. The second-order valence-corrected chi connectivity index (χ2v) is 3.13. The van der Waals surface area contributed by atoms with Crippen LogP contribution in [0.15, 0.2) is 0 Å². The molecule has 0 aliphatic rings. The van der Waals surface area contributed by atoms with Gasteiger partial charge in [0.25, 0.3) is 0 Å². The summed E-state index contributed by atoms with van der Waals surface area (Å²) in [6.07, 6.45) is 0.662. The molecular formula is C8H14O5. The highest BCUT2D eigenvalue weighted by Gasteiger charge is 2.43. The lowest BCUT2D eigenvalue weighted by Crippen LogP contribution is -2.46. The molecule has 0 aromatic heterocycles. The Labute approximate surface area is 76.0 Å². The summed E-state index contributed by atoms with van der Waals surface area (Å²) >= 11 is 0. The average molecular weight is 190 g/mol. The van der Waals surface area contributed by atoms with Crippen molar-refractivity contribution < 1.29 is 24.9 Å². The summed E-state index contributed by atoms with van der Waals surface area (Å²) < 4.78 is 0. The highest BCUT2D eigenvalue weighted by atomic mass is 16.4. The molecule has 5 heteroatoms. The lowest BCUT2D eigenvalue weighted by molar-refractivity contribution is -0.172. The van der Waals surface area contributed by atoms with E-state index in [2.05, 4.69) is 0 Å². The van der Waals surface area contributed by atoms with Crippen LogP contribution in [0, 0.1) is 5.92 Å². The van der Waals surface area contributed by atoms with Gasteiger partial charge in [0.15, 0.2) is 5.60 Å². The standard InChI is InChI=1S/C8H14O5/c1-3-4-5(6(9)10)8(2,13)7(11)12/h5,13H,3-4H2,1-2H3,(H,9,10)(H,11,12). The summed E-state index contributed by atoms with van der Waals surface area (Å²) in [5.41, 5.74) is -2.19. The average Bonchev–Trinajstić information content (AvgIpc) is 1.98. The largest absolute Gasteiger partial charge is 0.481 e. The molecule has 5 nitrogen and oxygen atoms in total. The van der Waals surface area contributed by atoms with Crippen LogP contribution in [-0.4, -0.2) is 32.9 Å². The number of hydrogen-bond donors (Lipinski definition) is 3. The molecule has 0 bridgehead atoms. The van der Waals surface area contributed by atoms with Crippen molar-refractivity contribution in [2.45, 2.75) is 32.3 Å². The van der Waals surface area contributed by atoms with Gasteiger partial charge in [-0.1, -0.05) is 13.3 Å². The van der Waals surface area contributed by atoms with Gasteiger partial charge in [-0.3, -0.25) is 4.79 Å². The van der Waals surface area contributed by atoms with E-state index in [0.717, 1.165) is 6.92 Å². The number of carboxylic acid groups (broad SMARTS) is 2. The normalized spacial score (nSPS) is 17.5. The van der Waals surface area contributed by atoms with Crippen LogP contribution in [0.2, 0.25) is 0 Å². The molecule has 0 spiro atoms. The predicted octanol–water partition coefficient (Wildman–Crippen LogP) is 0.323.